The Hall–Kier alpha value is -1.55. The number of hydrogen-bond donors (Lipinski definition) is 1. The number of rotatable bonds is 5. The van der Waals surface area contributed by atoms with Crippen LogP contribution in [0.2, 0.25) is 0 Å². The number of hydrogen-bond acceptors (Lipinski definition) is 2. The minimum atomic E-state index is 0.650. The minimum absolute atomic E-state index is 0.650. The van der Waals surface area contributed by atoms with Crippen molar-refractivity contribution in [1.29, 1.82) is 0 Å². The highest BCUT2D eigenvalue weighted by Crippen LogP contribution is 2.32. The Morgan fingerprint density at radius 2 is 1.92 bits per heavy atom. The molecule has 0 amide bonds. The summed E-state index contributed by atoms with van der Waals surface area (Å²) in [5, 5.41) is 3.54. The van der Waals surface area contributed by atoms with E-state index in [1.165, 1.54) is 38.0 Å². The molecule has 26 heavy (non-hydrogen) atoms. The Balaban J connectivity index is 1.59. The highest BCUT2D eigenvalue weighted by Gasteiger charge is 2.29. The molecule has 0 aromatic heterocycles. The molecule has 2 aliphatic rings. The molecule has 2 aliphatic heterocycles. The molecule has 2 heterocycles. The van der Waals surface area contributed by atoms with Crippen molar-refractivity contribution in [3.05, 3.63) is 35.9 Å². The van der Waals surface area contributed by atoms with E-state index in [-0.39, 0.29) is 0 Å². The first kappa shape index (κ1) is 19.2. The van der Waals surface area contributed by atoms with Gasteiger partial charge in [0, 0.05) is 32.7 Å². The maximum Gasteiger partial charge on any atom is 0.193 e. The number of benzene rings is 1. The van der Waals surface area contributed by atoms with Gasteiger partial charge in [0.15, 0.2) is 5.96 Å². The zero-order chi connectivity index (χ0) is 18.4. The number of nitrogens with zero attached hydrogens (tertiary/aromatic N) is 3. The van der Waals surface area contributed by atoms with Gasteiger partial charge in [0.1, 0.15) is 0 Å². The van der Waals surface area contributed by atoms with Crippen LogP contribution in [-0.4, -0.2) is 61.6 Å². The van der Waals surface area contributed by atoms with Crippen LogP contribution < -0.4 is 5.32 Å². The van der Waals surface area contributed by atoms with Crippen molar-refractivity contribution in [3.63, 3.8) is 0 Å². The average molecular weight is 357 g/mol. The van der Waals surface area contributed by atoms with E-state index in [1.54, 1.807) is 0 Å². The van der Waals surface area contributed by atoms with Gasteiger partial charge >= 0.3 is 0 Å². The molecule has 4 nitrogen and oxygen atoms in total. The maximum absolute atomic E-state index is 5.02. The second-order valence-electron chi connectivity index (χ2n) is 7.97. The largest absolute Gasteiger partial charge is 0.357 e. The molecule has 0 radical (unpaired) electrons. The smallest absolute Gasteiger partial charge is 0.193 e. The molecule has 2 fully saturated rings. The van der Waals surface area contributed by atoms with Crippen LogP contribution in [0.15, 0.2) is 35.3 Å². The lowest BCUT2D eigenvalue weighted by molar-refractivity contribution is 0.234. The molecule has 0 saturated carbocycles. The molecular formula is C22H36N4. The second-order valence-corrected chi connectivity index (χ2v) is 7.97. The Morgan fingerprint density at radius 3 is 2.58 bits per heavy atom. The topological polar surface area (TPSA) is 30.9 Å². The quantitative estimate of drug-likeness (QED) is 0.648. The molecule has 3 rings (SSSR count). The lowest BCUT2D eigenvalue weighted by atomic mass is 9.82. The maximum atomic E-state index is 5.02. The summed E-state index contributed by atoms with van der Waals surface area (Å²) in [5.41, 5.74) is 1.49. The third-order valence-corrected chi connectivity index (χ3v) is 6.08. The summed E-state index contributed by atoms with van der Waals surface area (Å²) in [6.45, 7) is 14.5. The highest BCUT2D eigenvalue weighted by molar-refractivity contribution is 5.80. The van der Waals surface area contributed by atoms with Gasteiger partial charge in [-0.3, -0.25) is 4.99 Å². The third kappa shape index (κ3) is 4.79. The van der Waals surface area contributed by atoms with Gasteiger partial charge in [-0.2, -0.15) is 0 Å². The van der Waals surface area contributed by atoms with Crippen LogP contribution in [0.3, 0.4) is 0 Å². The van der Waals surface area contributed by atoms with Gasteiger partial charge in [0.2, 0.25) is 0 Å². The van der Waals surface area contributed by atoms with Crippen LogP contribution in [-0.2, 0) is 0 Å². The van der Waals surface area contributed by atoms with E-state index < -0.39 is 0 Å². The normalized spacial score (nSPS) is 27.7. The second kappa shape index (κ2) is 9.40. The number of aliphatic imine (C=N–C) groups is 1. The van der Waals surface area contributed by atoms with E-state index in [1.807, 2.05) is 0 Å². The van der Waals surface area contributed by atoms with Crippen molar-refractivity contribution in [2.24, 2.45) is 16.8 Å². The Bertz CT molecular complexity index is 571. The summed E-state index contributed by atoms with van der Waals surface area (Å²) >= 11 is 0. The zero-order valence-electron chi connectivity index (χ0n) is 16.8. The lowest BCUT2D eigenvalue weighted by Gasteiger charge is -2.39. The Kier molecular flexibility index (Phi) is 6.95. The van der Waals surface area contributed by atoms with Gasteiger partial charge in [-0.1, -0.05) is 44.2 Å². The fourth-order valence-electron chi connectivity index (χ4n) is 4.52. The van der Waals surface area contributed by atoms with Gasteiger partial charge < -0.3 is 15.1 Å². The molecular weight excluding hydrogens is 320 g/mol. The summed E-state index contributed by atoms with van der Waals surface area (Å²) < 4.78 is 0. The molecule has 4 heteroatoms. The van der Waals surface area contributed by atoms with E-state index in [0.717, 1.165) is 38.1 Å². The first-order valence-corrected chi connectivity index (χ1v) is 10.5. The summed E-state index contributed by atoms with van der Waals surface area (Å²) in [6.07, 6.45) is 2.51. The van der Waals surface area contributed by atoms with Crippen molar-refractivity contribution in [1.82, 2.24) is 15.1 Å². The van der Waals surface area contributed by atoms with Gasteiger partial charge in [0.25, 0.3) is 0 Å². The van der Waals surface area contributed by atoms with Gasteiger partial charge in [-0.05, 0) is 56.2 Å². The zero-order valence-corrected chi connectivity index (χ0v) is 16.8. The monoisotopic (exact) mass is 356 g/mol. The molecule has 144 valence electrons. The highest BCUT2D eigenvalue weighted by atomic mass is 15.3. The molecule has 0 spiro atoms. The molecule has 1 aromatic carbocycles. The molecule has 2 saturated heterocycles. The van der Waals surface area contributed by atoms with Crippen molar-refractivity contribution in [2.45, 2.75) is 39.5 Å². The molecule has 1 aromatic rings. The average Bonchev–Trinajstić information content (AvgIpc) is 3.14. The lowest BCUT2D eigenvalue weighted by Crippen LogP contribution is -2.48. The van der Waals surface area contributed by atoms with E-state index in [2.05, 4.69) is 66.2 Å². The Labute approximate surface area is 159 Å². The number of likely N-dealkylation sites (tertiary alicyclic amines) is 2. The standard InChI is InChI=1S/C22H36N4/c1-4-23-22(24-15-19-11-13-25(5-2)17-19)26-14-12-21(18(3)16-26)20-9-7-6-8-10-20/h6-10,18-19,21H,4-5,11-17H2,1-3H3,(H,23,24). The fourth-order valence-corrected chi connectivity index (χ4v) is 4.52. The summed E-state index contributed by atoms with van der Waals surface area (Å²) in [4.78, 5) is 10.1. The van der Waals surface area contributed by atoms with E-state index in [0.29, 0.717) is 11.8 Å². The van der Waals surface area contributed by atoms with E-state index >= 15 is 0 Å². The summed E-state index contributed by atoms with van der Waals surface area (Å²) in [6, 6.07) is 11.0. The molecule has 0 bridgehead atoms. The van der Waals surface area contributed by atoms with Crippen LogP contribution in [0.1, 0.15) is 45.1 Å². The first-order chi connectivity index (χ1) is 12.7. The third-order valence-electron chi connectivity index (χ3n) is 6.08. The predicted molar refractivity (Wildman–Crippen MR) is 111 cm³/mol. The fraction of sp³-hybridized carbons (Fsp3) is 0.682. The van der Waals surface area contributed by atoms with E-state index in [4.69, 9.17) is 4.99 Å². The van der Waals surface area contributed by atoms with Crippen molar-refractivity contribution < 1.29 is 0 Å². The van der Waals surface area contributed by atoms with E-state index in [9.17, 15) is 0 Å². The van der Waals surface area contributed by atoms with Crippen LogP contribution in [0.25, 0.3) is 0 Å². The summed E-state index contributed by atoms with van der Waals surface area (Å²) in [7, 11) is 0. The van der Waals surface area contributed by atoms with Crippen LogP contribution >= 0.6 is 0 Å². The number of piperidine rings is 1. The van der Waals surface area contributed by atoms with Crippen molar-refractivity contribution in [3.8, 4) is 0 Å². The van der Waals surface area contributed by atoms with Crippen LogP contribution in [0, 0.1) is 11.8 Å². The molecule has 0 aliphatic carbocycles. The van der Waals surface area contributed by atoms with Crippen molar-refractivity contribution >= 4 is 5.96 Å². The molecule has 3 atom stereocenters. The first-order valence-electron chi connectivity index (χ1n) is 10.5. The molecule has 3 unspecified atom stereocenters. The summed E-state index contributed by atoms with van der Waals surface area (Å²) in [5.74, 6) is 3.17. The predicted octanol–water partition coefficient (Wildman–Crippen LogP) is 3.42. The number of guanidine groups is 1. The van der Waals surface area contributed by atoms with Crippen molar-refractivity contribution in [2.75, 3.05) is 45.8 Å². The van der Waals surface area contributed by atoms with Gasteiger partial charge in [0.05, 0.1) is 0 Å². The SMILES string of the molecule is CCNC(=NCC1CCN(CC)C1)N1CCC(c2ccccc2)C(C)C1. The van der Waals surface area contributed by atoms with Crippen LogP contribution in [0.5, 0.6) is 0 Å². The van der Waals surface area contributed by atoms with Gasteiger partial charge in [-0.15, -0.1) is 0 Å². The van der Waals surface area contributed by atoms with Crippen LogP contribution in [0.4, 0.5) is 0 Å². The molecule has 1 N–H and O–H groups in total. The van der Waals surface area contributed by atoms with Gasteiger partial charge in [-0.25, -0.2) is 0 Å². The Morgan fingerprint density at radius 1 is 1.12 bits per heavy atom. The minimum Gasteiger partial charge on any atom is -0.357 e. The number of nitrogens with one attached hydrogen (secondary N) is 1.